The van der Waals surface area contributed by atoms with Crippen molar-refractivity contribution in [3.63, 3.8) is 0 Å². The predicted octanol–water partition coefficient (Wildman–Crippen LogP) is 2.20. The van der Waals surface area contributed by atoms with Crippen LogP contribution in [0.15, 0.2) is 42.6 Å². The topological polar surface area (TPSA) is 83.3 Å². The number of rotatable bonds is 6. The van der Waals surface area contributed by atoms with Crippen molar-refractivity contribution in [2.75, 3.05) is 18.1 Å². The molecule has 2 N–H and O–H groups in total. The average molecular weight is 391 g/mol. The fraction of sp³-hybridized carbons (Fsp3) is 0.409. The van der Waals surface area contributed by atoms with Gasteiger partial charge in [-0.2, -0.15) is 0 Å². The Labute approximate surface area is 169 Å². The van der Waals surface area contributed by atoms with Crippen LogP contribution in [0.2, 0.25) is 0 Å². The summed E-state index contributed by atoms with van der Waals surface area (Å²) in [7, 11) is 0. The lowest BCUT2D eigenvalue weighted by Gasteiger charge is -2.23. The highest BCUT2D eigenvalue weighted by molar-refractivity contribution is 5.90. The number of nitrogens with one attached hydrogen (secondary N) is 1. The zero-order valence-electron chi connectivity index (χ0n) is 16.3. The van der Waals surface area contributed by atoms with E-state index in [0.717, 1.165) is 60.3 Å². The van der Waals surface area contributed by atoms with Gasteiger partial charge in [-0.1, -0.05) is 18.2 Å². The maximum Gasteiger partial charge on any atom is 0.224 e. The highest BCUT2D eigenvalue weighted by atomic mass is 16.3. The van der Waals surface area contributed by atoms with Crippen LogP contribution < -0.4 is 10.2 Å². The highest BCUT2D eigenvalue weighted by Gasteiger charge is 2.26. The molecule has 7 nitrogen and oxygen atoms in total. The van der Waals surface area contributed by atoms with Gasteiger partial charge in [0.25, 0.3) is 0 Å². The Kier molecular flexibility index (Phi) is 4.67. The quantitative estimate of drug-likeness (QED) is 0.673. The maximum absolute atomic E-state index is 12.3. The molecule has 150 valence electrons. The molecule has 3 aromatic rings. The molecule has 2 fully saturated rings. The molecule has 1 amide bonds. The van der Waals surface area contributed by atoms with Gasteiger partial charge in [-0.05, 0) is 49.4 Å². The largest absolute Gasteiger partial charge is 0.394 e. The molecule has 0 bridgehead atoms. The van der Waals surface area contributed by atoms with Crippen molar-refractivity contribution in [2.45, 2.75) is 44.2 Å². The van der Waals surface area contributed by atoms with E-state index >= 15 is 0 Å². The van der Waals surface area contributed by atoms with Crippen molar-refractivity contribution in [3.8, 4) is 5.82 Å². The van der Waals surface area contributed by atoms with Crippen LogP contribution in [-0.2, 0) is 11.2 Å². The Morgan fingerprint density at radius 3 is 2.66 bits per heavy atom. The van der Waals surface area contributed by atoms with Crippen LogP contribution in [-0.4, -0.2) is 51.0 Å². The van der Waals surface area contributed by atoms with Gasteiger partial charge in [0.2, 0.25) is 5.91 Å². The molecule has 1 aromatic carbocycles. The molecule has 7 heteroatoms. The van der Waals surface area contributed by atoms with Gasteiger partial charge in [0.1, 0.15) is 0 Å². The minimum absolute atomic E-state index is 0.0703. The van der Waals surface area contributed by atoms with Gasteiger partial charge < -0.3 is 15.3 Å². The number of aliphatic hydroxyl groups excluding tert-OH is 1. The Bertz CT molecular complexity index is 1030. The van der Waals surface area contributed by atoms with E-state index in [-0.39, 0.29) is 18.6 Å². The van der Waals surface area contributed by atoms with Gasteiger partial charge in [0.15, 0.2) is 11.6 Å². The molecule has 5 rings (SSSR count). The number of para-hydroxylation sites is 1. The van der Waals surface area contributed by atoms with E-state index in [0.29, 0.717) is 12.5 Å². The zero-order valence-corrected chi connectivity index (χ0v) is 16.3. The van der Waals surface area contributed by atoms with Crippen LogP contribution in [0.4, 0.5) is 5.82 Å². The van der Waals surface area contributed by atoms with Gasteiger partial charge in [0.05, 0.1) is 24.6 Å². The second-order valence-corrected chi connectivity index (χ2v) is 7.98. The number of benzene rings is 1. The van der Waals surface area contributed by atoms with Crippen molar-refractivity contribution in [3.05, 3.63) is 48.2 Å². The minimum atomic E-state index is 0.0703. The molecule has 1 saturated heterocycles. The molecule has 29 heavy (non-hydrogen) atoms. The number of aliphatic hydroxyl groups is 1. The summed E-state index contributed by atoms with van der Waals surface area (Å²) >= 11 is 0. The summed E-state index contributed by atoms with van der Waals surface area (Å²) < 4.78 is 2.00. The SMILES string of the molecule is O=C(Cc1cn(-c2ccc(N3CCCC3CO)nn2)c2ccccc12)NC1CC1. The van der Waals surface area contributed by atoms with Crippen LogP contribution in [0.3, 0.4) is 0 Å². The first-order valence-electron chi connectivity index (χ1n) is 10.3. The molecule has 1 aliphatic carbocycles. The standard InChI is InChI=1S/C22H25N5O2/c28-14-17-4-3-11-26(17)20-9-10-21(25-24-20)27-13-15(12-22(29)23-16-7-8-16)18-5-1-2-6-19(18)27/h1-2,5-6,9-10,13,16-17,28H,3-4,7-8,11-12,14H2,(H,23,29). The van der Waals surface area contributed by atoms with E-state index in [9.17, 15) is 9.90 Å². The summed E-state index contributed by atoms with van der Waals surface area (Å²) in [6.07, 6.45) is 6.57. The van der Waals surface area contributed by atoms with Gasteiger partial charge in [-0.3, -0.25) is 9.36 Å². The summed E-state index contributed by atoms with van der Waals surface area (Å²) in [6.45, 7) is 1.03. The van der Waals surface area contributed by atoms with E-state index in [1.54, 1.807) is 0 Å². The monoisotopic (exact) mass is 391 g/mol. The summed E-state index contributed by atoms with van der Waals surface area (Å²) in [5, 5.41) is 22.6. The van der Waals surface area contributed by atoms with E-state index < -0.39 is 0 Å². The molecular weight excluding hydrogens is 366 g/mol. The van der Waals surface area contributed by atoms with Gasteiger partial charge in [-0.25, -0.2) is 0 Å². The van der Waals surface area contributed by atoms with Crippen molar-refractivity contribution in [1.82, 2.24) is 20.1 Å². The molecule has 2 aromatic heterocycles. The first-order valence-corrected chi connectivity index (χ1v) is 10.3. The zero-order chi connectivity index (χ0) is 19.8. The highest BCUT2D eigenvalue weighted by Crippen LogP contribution is 2.27. The second kappa shape index (κ2) is 7.48. The first kappa shape index (κ1) is 18.1. The van der Waals surface area contributed by atoms with Crippen LogP contribution in [0.25, 0.3) is 16.7 Å². The molecule has 3 heterocycles. The Balaban J connectivity index is 1.44. The smallest absolute Gasteiger partial charge is 0.224 e. The fourth-order valence-corrected chi connectivity index (χ4v) is 4.19. The van der Waals surface area contributed by atoms with Crippen molar-refractivity contribution in [2.24, 2.45) is 0 Å². The Hall–Kier alpha value is -2.93. The summed E-state index contributed by atoms with van der Waals surface area (Å²) in [6, 6.07) is 12.5. The number of aromatic nitrogens is 3. The lowest BCUT2D eigenvalue weighted by Crippen LogP contribution is -2.32. The summed E-state index contributed by atoms with van der Waals surface area (Å²) in [4.78, 5) is 14.5. The maximum atomic E-state index is 12.3. The third-order valence-corrected chi connectivity index (χ3v) is 5.85. The van der Waals surface area contributed by atoms with Crippen molar-refractivity contribution < 1.29 is 9.90 Å². The van der Waals surface area contributed by atoms with Crippen LogP contribution in [0.1, 0.15) is 31.2 Å². The van der Waals surface area contributed by atoms with E-state index in [1.807, 2.05) is 47.2 Å². The number of amides is 1. The average Bonchev–Trinajstić information content (AvgIpc) is 3.30. The number of nitrogens with zero attached hydrogens (tertiary/aromatic N) is 4. The molecular formula is C22H25N5O2. The van der Waals surface area contributed by atoms with Crippen molar-refractivity contribution >= 4 is 22.6 Å². The molecule has 1 atom stereocenters. The number of carbonyl (C=O) groups excluding carboxylic acids is 1. The third kappa shape index (κ3) is 3.58. The predicted molar refractivity (Wildman–Crippen MR) is 111 cm³/mol. The number of anilines is 1. The van der Waals surface area contributed by atoms with Crippen LogP contribution in [0.5, 0.6) is 0 Å². The molecule has 0 radical (unpaired) electrons. The third-order valence-electron chi connectivity index (χ3n) is 5.85. The second-order valence-electron chi connectivity index (χ2n) is 7.98. The molecule has 1 saturated carbocycles. The van der Waals surface area contributed by atoms with Crippen molar-refractivity contribution in [1.29, 1.82) is 0 Å². The van der Waals surface area contributed by atoms with Gasteiger partial charge in [0, 0.05) is 24.2 Å². The molecule has 2 aliphatic rings. The number of carbonyl (C=O) groups is 1. The van der Waals surface area contributed by atoms with Crippen LogP contribution in [0, 0.1) is 0 Å². The molecule has 0 spiro atoms. The summed E-state index contributed by atoms with van der Waals surface area (Å²) in [5.74, 6) is 1.59. The molecule has 1 unspecified atom stereocenters. The normalized spacial score (nSPS) is 19.1. The Morgan fingerprint density at radius 2 is 1.90 bits per heavy atom. The van der Waals surface area contributed by atoms with Crippen LogP contribution >= 0.6 is 0 Å². The Morgan fingerprint density at radius 1 is 1.10 bits per heavy atom. The minimum Gasteiger partial charge on any atom is -0.394 e. The van der Waals surface area contributed by atoms with Gasteiger partial charge >= 0.3 is 0 Å². The van der Waals surface area contributed by atoms with E-state index in [2.05, 4.69) is 20.4 Å². The lowest BCUT2D eigenvalue weighted by molar-refractivity contribution is -0.120. The number of hydrogen-bond donors (Lipinski definition) is 2. The fourth-order valence-electron chi connectivity index (χ4n) is 4.19. The van der Waals surface area contributed by atoms with Gasteiger partial charge in [-0.15, -0.1) is 10.2 Å². The summed E-state index contributed by atoms with van der Waals surface area (Å²) in [5.41, 5.74) is 2.00. The number of hydrogen-bond acceptors (Lipinski definition) is 5. The van der Waals surface area contributed by atoms with E-state index in [4.69, 9.17) is 0 Å². The lowest BCUT2D eigenvalue weighted by atomic mass is 10.1. The first-order chi connectivity index (χ1) is 14.2. The molecule has 1 aliphatic heterocycles. The number of fused-ring (bicyclic) bond motifs is 1. The van der Waals surface area contributed by atoms with E-state index in [1.165, 1.54) is 0 Å².